The third-order valence-corrected chi connectivity index (χ3v) is 5.64. The molecule has 1 amide bonds. The van der Waals surface area contributed by atoms with Crippen LogP contribution in [0, 0.1) is 5.92 Å². The van der Waals surface area contributed by atoms with Gasteiger partial charge < -0.3 is 15.0 Å². The van der Waals surface area contributed by atoms with E-state index in [1.807, 2.05) is 0 Å². The van der Waals surface area contributed by atoms with Crippen LogP contribution in [0.5, 0.6) is 0 Å². The van der Waals surface area contributed by atoms with E-state index in [1.54, 1.807) is 7.05 Å². The lowest BCUT2D eigenvalue weighted by atomic mass is 10.1. The molecular formula is C14H21N3O5S. The van der Waals surface area contributed by atoms with Crippen LogP contribution < -0.4 is 5.32 Å². The molecule has 1 saturated carbocycles. The molecule has 128 valence electrons. The van der Waals surface area contributed by atoms with Gasteiger partial charge >= 0.3 is 5.97 Å². The minimum Gasteiger partial charge on any atom is -0.480 e. The number of carboxylic acids is 1. The van der Waals surface area contributed by atoms with Crippen LogP contribution in [-0.4, -0.2) is 54.4 Å². The normalized spacial score (nSPS) is 16.3. The number of aliphatic carboxylic acids is 1. The van der Waals surface area contributed by atoms with E-state index in [9.17, 15) is 23.1 Å². The molecule has 23 heavy (non-hydrogen) atoms. The maximum Gasteiger partial charge on any atom is 0.326 e. The first kappa shape index (κ1) is 17.5. The minimum atomic E-state index is -3.65. The van der Waals surface area contributed by atoms with Gasteiger partial charge in [0, 0.05) is 27.3 Å². The lowest BCUT2D eigenvalue weighted by molar-refractivity contribution is -0.139. The zero-order valence-corrected chi connectivity index (χ0v) is 14.1. The lowest BCUT2D eigenvalue weighted by Gasteiger charge is -2.14. The number of aryl methyl sites for hydroxylation is 1. The maximum absolute atomic E-state index is 12.3. The molecule has 1 aliphatic carbocycles. The Balaban J connectivity index is 2.19. The predicted octanol–water partition coefficient (Wildman–Crippen LogP) is 0.258. The van der Waals surface area contributed by atoms with Crippen molar-refractivity contribution in [1.29, 1.82) is 0 Å². The summed E-state index contributed by atoms with van der Waals surface area (Å²) in [6.45, 7) is 0. The summed E-state index contributed by atoms with van der Waals surface area (Å²) in [5, 5.41) is 11.7. The highest BCUT2D eigenvalue weighted by molar-refractivity contribution is 7.89. The van der Waals surface area contributed by atoms with Gasteiger partial charge in [-0.05, 0) is 18.4 Å². The molecule has 1 aromatic heterocycles. The second-order valence-electron chi connectivity index (χ2n) is 6.00. The first-order valence-corrected chi connectivity index (χ1v) is 8.69. The number of carboxylic acid groups (broad SMARTS) is 1. The first-order chi connectivity index (χ1) is 10.6. The first-order valence-electron chi connectivity index (χ1n) is 7.25. The molecule has 0 spiro atoms. The van der Waals surface area contributed by atoms with Crippen molar-refractivity contribution in [2.24, 2.45) is 13.0 Å². The Morgan fingerprint density at radius 1 is 1.43 bits per heavy atom. The van der Waals surface area contributed by atoms with Gasteiger partial charge in [-0.1, -0.05) is 12.8 Å². The quantitative estimate of drug-likeness (QED) is 0.738. The molecule has 1 heterocycles. The van der Waals surface area contributed by atoms with E-state index < -0.39 is 27.9 Å². The van der Waals surface area contributed by atoms with Crippen LogP contribution in [-0.2, 0) is 21.9 Å². The van der Waals surface area contributed by atoms with Crippen LogP contribution in [0.4, 0.5) is 0 Å². The Labute approximate surface area is 135 Å². The number of hydrogen-bond acceptors (Lipinski definition) is 4. The largest absolute Gasteiger partial charge is 0.480 e. The Morgan fingerprint density at radius 2 is 2.04 bits per heavy atom. The fourth-order valence-electron chi connectivity index (χ4n) is 2.25. The number of rotatable bonds is 7. The van der Waals surface area contributed by atoms with Crippen molar-refractivity contribution >= 4 is 21.9 Å². The van der Waals surface area contributed by atoms with E-state index in [2.05, 4.69) is 5.32 Å². The van der Waals surface area contributed by atoms with Crippen molar-refractivity contribution in [1.82, 2.24) is 14.2 Å². The molecule has 0 aromatic carbocycles. The Morgan fingerprint density at radius 3 is 2.52 bits per heavy atom. The van der Waals surface area contributed by atoms with E-state index >= 15 is 0 Å². The summed E-state index contributed by atoms with van der Waals surface area (Å²) in [6.07, 6.45) is 3.69. The SMILES string of the molecule is CN(C)S(=O)(=O)c1cc(C(=O)NC(CC2CC2)C(=O)O)n(C)c1. The maximum atomic E-state index is 12.3. The van der Waals surface area contributed by atoms with E-state index in [4.69, 9.17) is 0 Å². The molecule has 0 aliphatic heterocycles. The minimum absolute atomic E-state index is 0.00998. The van der Waals surface area contributed by atoms with Gasteiger partial charge in [0.15, 0.2) is 0 Å². The summed E-state index contributed by atoms with van der Waals surface area (Å²) < 4.78 is 26.6. The molecule has 8 nitrogen and oxygen atoms in total. The van der Waals surface area contributed by atoms with Crippen LogP contribution in [0.1, 0.15) is 29.8 Å². The van der Waals surface area contributed by atoms with Crippen LogP contribution in [0.3, 0.4) is 0 Å². The van der Waals surface area contributed by atoms with E-state index in [-0.39, 0.29) is 10.6 Å². The zero-order valence-electron chi connectivity index (χ0n) is 13.3. The molecule has 1 aliphatic rings. The summed E-state index contributed by atoms with van der Waals surface area (Å²) >= 11 is 0. The number of carbonyl (C=O) groups is 2. The molecule has 9 heteroatoms. The summed E-state index contributed by atoms with van der Waals surface area (Å²) in [7, 11) is 0.694. The van der Waals surface area contributed by atoms with Gasteiger partial charge in [0.25, 0.3) is 5.91 Å². The molecule has 0 saturated heterocycles. The van der Waals surface area contributed by atoms with E-state index in [0.29, 0.717) is 12.3 Å². The van der Waals surface area contributed by atoms with Gasteiger partial charge in [-0.2, -0.15) is 0 Å². The zero-order chi connectivity index (χ0) is 17.4. The third kappa shape index (κ3) is 3.91. The van der Waals surface area contributed by atoms with Crippen LogP contribution in [0.15, 0.2) is 17.2 Å². The van der Waals surface area contributed by atoms with E-state index in [0.717, 1.165) is 17.1 Å². The third-order valence-electron chi connectivity index (χ3n) is 3.86. The van der Waals surface area contributed by atoms with Crippen molar-refractivity contribution in [2.45, 2.75) is 30.2 Å². The van der Waals surface area contributed by atoms with E-state index in [1.165, 1.54) is 30.9 Å². The average molecular weight is 343 g/mol. The highest BCUT2D eigenvalue weighted by atomic mass is 32.2. The molecule has 1 fully saturated rings. The van der Waals surface area contributed by atoms with Gasteiger partial charge in [-0.25, -0.2) is 17.5 Å². The van der Waals surface area contributed by atoms with Crippen molar-refractivity contribution in [3.63, 3.8) is 0 Å². The summed E-state index contributed by atoms with van der Waals surface area (Å²) in [5.41, 5.74) is 0.104. The van der Waals surface area contributed by atoms with Gasteiger partial charge in [-0.3, -0.25) is 4.79 Å². The predicted molar refractivity (Wildman–Crippen MR) is 82.5 cm³/mol. The van der Waals surface area contributed by atoms with Gasteiger partial charge in [-0.15, -0.1) is 0 Å². The Hall–Kier alpha value is -1.87. The van der Waals surface area contributed by atoms with Crippen LogP contribution in [0.2, 0.25) is 0 Å². The highest BCUT2D eigenvalue weighted by Gasteiger charge is 2.31. The summed E-state index contributed by atoms with van der Waals surface area (Å²) in [4.78, 5) is 23.5. The fraction of sp³-hybridized carbons (Fsp3) is 0.571. The number of amides is 1. The van der Waals surface area contributed by atoms with Gasteiger partial charge in [0.05, 0.1) is 0 Å². The molecule has 1 unspecified atom stereocenters. The molecule has 0 bridgehead atoms. The number of nitrogens with zero attached hydrogens (tertiary/aromatic N) is 2. The molecule has 2 rings (SSSR count). The topological polar surface area (TPSA) is 109 Å². The standard InChI is InChI=1S/C14H21N3O5S/c1-16(2)23(21,22)10-7-12(17(3)8-10)13(18)15-11(14(19)20)6-9-4-5-9/h7-9,11H,4-6H2,1-3H3,(H,15,18)(H,19,20). The van der Waals surface area contributed by atoms with Crippen LogP contribution >= 0.6 is 0 Å². The molecule has 1 aromatic rings. The molecular weight excluding hydrogens is 322 g/mol. The number of hydrogen-bond donors (Lipinski definition) is 2. The fourth-order valence-corrected chi connectivity index (χ4v) is 3.23. The molecule has 2 N–H and O–H groups in total. The lowest BCUT2D eigenvalue weighted by Crippen LogP contribution is -2.41. The van der Waals surface area contributed by atoms with Gasteiger partial charge in [0.2, 0.25) is 10.0 Å². The van der Waals surface area contributed by atoms with Crippen molar-refractivity contribution in [3.8, 4) is 0 Å². The van der Waals surface area contributed by atoms with Crippen LogP contribution in [0.25, 0.3) is 0 Å². The highest BCUT2D eigenvalue weighted by Crippen LogP contribution is 2.33. The summed E-state index contributed by atoms with van der Waals surface area (Å²) in [5.74, 6) is -1.34. The van der Waals surface area contributed by atoms with Gasteiger partial charge in [0.1, 0.15) is 16.6 Å². The number of sulfonamides is 1. The monoisotopic (exact) mass is 343 g/mol. The number of carbonyl (C=O) groups excluding carboxylic acids is 1. The second kappa shape index (κ2) is 6.32. The Bertz CT molecular complexity index is 719. The van der Waals surface area contributed by atoms with Crippen molar-refractivity contribution < 1.29 is 23.1 Å². The Kier molecular flexibility index (Phi) is 4.81. The smallest absolute Gasteiger partial charge is 0.326 e. The summed E-state index contributed by atoms with van der Waals surface area (Å²) in [6, 6.07) is 0.291. The number of nitrogens with one attached hydrogen (secondary N) is 1. The average Bonchev–Trinajstić information content (AvgIpc) is 3.17. The number of aromatic nitrogens is 1. The second-order valence-corrected chi connectivity index (χ2v) is 8.15. The molecule has 0 radical (unpaired) electrons. The van der Waals surface area contributed by atoms with Crippen molar-refractivity contribution in [2.75, 3.05) is 14.1 Å². The molecule has 1 atom stereocenters. The van der Waals surface area contributed by atoms with Crippen molar-refractivity contribution in [3.05, 3.63) is 18.0 Å².